The fourth-order valence-corrected chi connectivity index (χ4v) is 5.24. The lowest BCUT2D eigenvalue weighted by molar-refractivity contribution is 0.102. The largest absolute Gasteiger partial charge is 0.493 e. The van der Waals surface area contributed by atoms with Crippen LogP contribution in [-0.2, 0) is 0 Å². The number of nitrogens with two attached hydrogens (primary N) is 1. The number of nitrogens with zero attached hydrogens (tertiary/aromatic N) is 1. The number of carbonyl (C=O) groups is 2. The van der Waals surface area contributed by atoms with E-state index in [1.807, 2.05) is 12.1 Å². The van der Waals surface area contributed by atoms with E-state index in [0.717, 1.165) is 11.3 Å². The Hall–Kier alpha value is -3.48. The van der Waals surface area contributed by atoms with Crippen LogP contribution in [0.15, 0.2) is 46.7 Å². The van der Waals surface area contributed by atoms with Gasteiger partial charge in [0.2, 0.25) is 11.5 Å². The Bertz CT molecular complexity index is 1170. The molecular formula is C23H20N2O5S2. The maximum Gasteiger partial charge on any atom is 0.205 e. The summed E-state index contributed by atoms with van der Waals surface area (Å²) in [6, 6.07) is 14.0. The summed E-state index contributed by atoms with van der Waals surface area (Å²) in [6.45, 7) is 0. The zero-order valence-electron chi connectivity index (χ0n) is 17.6. The van der Waals surface area contributed by atoms with Gasteiger partial charge in [-0.25, -0.2) is 0 Å². The Morgan fingerprint density at radius 2 is 1.66 bits per heavy atom. The van der Waals surface area contributed by atoms with Gasteiger partial charge in [-0.05, 0) is 12.1 Å². The molecule has 164 valence electrons. The maximum atomic E-state index is 13.2. The van der Waals surface area contributed by atoms with Crippen LogP contribution in [0.1, 0.15) is 31.2 Å². The molecule has 0 aliphatic carbocycles. The summed E-state index contributed by atoms with van der Waals surface area (Å²) >= 11 is 2.28. The molecule has 3 aromatic rings. The number of anilines is 1. The number of nitrogen functional groups attached to an aromatic ring is 1. The topological polar surface area (TPSA) is 112 Å². The average Bonchev–Trinajstić information content (AvgIpc) is 3.16. The molecule has 3 rings (SSSR count). The molecule has 7 nitrogen and oxygen atoms in total. The zero-order valence-corrected chi connectivity index (χ0v) is 19.3. The lowest BCUT2D eigenvalue weighted by Crippen LogP contribution is -2.05. The molecule has 32 heavy (non-hydrogen) atoms. The SMILES string of the molecule is COc1cc(C(=O)c2sc(SCC(=O)c3ccccc3)c(C#N)c2N)cc(OC)c1OC. The highest BCUT2D eigenvalue weighted by molar-refractivity contribution is 8.01. The summed E-state index contributed by atoms with van der Waals surface area (Å²) in [6.07, 6.45) is 0. The van der Waals surface area contributed by atoms with E-state index in [2.05, 4.69) is 0 Å². The van der Waals surface area contributed by atoms with Crippen LogP contribution in [0.3, 0.4) is 0 Å². The minimum absolute atomic E-state index is 0.0797. The van der Waals surface area contributed by atoms with Gasteiger partial charge >= 0.3 is 0 Å². The lowest BCUT2D eigenvalue weighted by atomic mass is 10.1. The molecule has 0 saturated heterocycles. The molecule has 1 aromatic heterocycles. The molecule has 0 radical (unpaired) electrons. The number of methoxy groups -OCH3 is 3. The Kier molecular flexibility index (Phi) is 7.41. The van der Waals surface area contributed by atoms with Crippen LogP contribution in [0.5, 0.6) is 17.2 Å². The van der Waals surface area contributed by atoms with E-state index in [1.54, 1.807) is 24.3 Å². The second kappa shape index (κ2) is 10.2. The minimum atomic E-state index is -0.385. The quantitative estimate of drug-likeness (QED) is 0.362. The van der Waals surface area contributed by atoms with Crippen molar-refractivity contribution in [1.29, 1.82) is 5.26 Å². The number of ether oxygens (including phenoxy) is 3. The highest BCUT2D eigenvalue weighted by Gasteiger charge is 2.25. The first-order valence-corrected chi connectivity index (χ1v) is 11.1. The monoisotopic (exact) mass is 468 g/mol. The highest BCUT2D eigenvalue weighted by Crippen LogP contribution is 2.42. The van der Waals surface area contributed by atoms with E-state index in [1.165, 1.54) is 45.2 Å². The van der Waals surface area contributed by atoms with E-state index in [9.17, 15) is 14.9 Å². The fraction of sp³-hybridized carbons (Fsp3) is 0.174. The van der Waals surface area contributed by atoms with Crippen LogP contribution < -0.4 is 19.9 Å². The second-order valence-electron chi connectivity index (χ2n) is 6.44. The highest BCUT2D eigenvalue weighted by atomic mass is 32.2. The van der Waals surface area contributed by atoms with Gasteiger partial charge in [0, 0.05) is 11.1 Å². The van der Waals surface area contributed by atoms with Gasteiger partial charge < -0.3 is 19.9 Å². The van der Waals surface area contributed by atoms with Crippen molar-refractivity contribution in [3.05, 3.63) is 64.0 Å². The molecule has 0 bridgehead atoms. The molecular weight excluding hydrogens is 448 g/mol. The van der Waals surface area contributed by atoms with E-state index < -0.39 is 0 Å². The van der Waals surface area contributed by atoms with Crippen LogP contribution in [0.4, 0.5) is 5.69 Å². The van der Waals surface area contributed by atoms with E-state index in [4.69, 9.17) is 19.9 Å². The van der Waals surface area contributed by atoms with Crippen molar-refractivity contribution in [3.8, 4) is 23.3 Å². The molecule has 9 heteroatoms. The van der Waals surface area contributed by atoms with Gasteiger partial charge in [0.05, 0.1) is 37.0 Å². The molecule has 0 aliphatic heterocycles. The van der Waals surface area contributed by atoms with Crippen LogP contribution in [0.25, 0.3) is 0 Å². The maximum absolute atomic E-state index is 13.2. The molecule has 0 amide bonds. The first kappa shape index (κ1) is 23.2. The van der Waals surface area contributed by atoms with E-state index in [-0.39, 0.29) is 39.0 Å². The van der Waals surface area contributed by atoms with Crippen LogP contribution in [0.2, 0.25) is 0 Å². The molecule has 0 saturated carbocycles. The Morgan fingerprint density at radius 1 is 1.03 bits per heavy atom. The van der Waals surface area contributed by atoms with Gasteiger partial charge in [-0.3, -0.25) is 9.59 Å². The van der Waals surface area contributed by atoms with Gasteiger partial charge in [0.15, 0.2) is 17.3 Å². The summed E-state index contributed by atoms with van der Waals surface area (Å²) < 4.78 is 16.4. The standard InChI is InChI=1S/C23H20N2O5S2/c1-28-17-9-14(10-18(29-2)21(17)30-3)20(27)22-19(25)15(11-24)23(32-22)31-12-16(26)13-7-5-4-6-8-13/h4-10H,12,25H2,1-3H3. The third kappa shape index (κ3) is 4.56. The van der Waals surface area contributed by atoms with Gasteiger partial charge in [-0.2, -0.15) is 5.26 Å². The van der Waals surface area contributed by atoms with Crippen molar-refractivity contribution in [3.63, 3.8) is 0 Å². The first-order chi connectivity index (χ1) is 15.4. The summed E-state index contributed by atoms with van der Waals surface area (Å²) in [5.41, 5.74) is 7.28. The van der Waals surface area contributed by atoms with Gasteiger partial charge in [0.1, 0.15) is 16.5 Å². The van der Waals surface area contributed by atoms with Crippen molar-refractivity contribution in [2.45, 2.75) is 4.21 Å². The molecule has 0 aliphatic rings. The number of hydrogen-bond acceptors (Lipinski definition) is 9. The summed E-state index contributed by atoms with van der Waals surface area (Å²) in [5.74, 6) is 0.673. The molecule has 0 spiro atoms. The van der Waals surface area contributed by atoms with Crippen LogP contribution in [-0.4, -0.2) is 38.6 Å². The van der Waals surface area contributed by atoms with Crippen molar-refractivity contribution in [2.24, 2.45) is 0 Å². The number of thioether (sulfide) groups is 1. The normalized spacial score (nSPS) is 10.3. The number of carbonyl (C=O) groups excluding carboxylic acids is 2. The number of thiophene rings is 1. The van der Waals surface area contributed by atoms with Crippen LogP contribution >= 0.6 is 23.1 Å². The molecule has 0 atom stereocenters. The number of ketones is 2. The van der Waals surface area contributed by atoms with Crippen molar-refractivity contribution >= 4 is 40.4 Å². The van der Waals surface area contributed by atoms with Crippen molar-refractivity contribution in [1.82, 2.24) is 0 Å². The van der Waals surface area contributed by atoms with E-state index in [0.29, 0.717) is 27.0 Å². The Balaban J connectivity index is 1.92. The first-order valence-electron chi connectivity index (χ1n) is 9.33. The van der Waals surface area contributed by atoms with Crippen LogP contribution in [0, 0.1) is 11.3 Å². The smallest absolute Gasteiger partial charge is 0.205 e. The second-order valence-corrected chi connectivity index (χ2v) is 8.70. The van der Waals surface area contributed by atoms with E-state index >= 15 is 0 Å². The van der Waals surface area contributed by atoms with Gasteiger partial charge in [-0.1, -0.05) is 30.3 Å². The fourth-order valence-electron chi connectivity index (χ4n) is 2.98. The zero-order chi connectivity index (χ0) is 23.3. The molecule has 1 heterocycles. The Labute approximate surface area is 193 Å². The predicted molar refractivity (Wildman–Crippen MR) is 124 cm³/mol. The number of Topliss-reactive ketones (excluding diaryl/α,β-unsaturated/α-hetero) is 1. The van der Waals surface area contributed by atoms with Crippen molar-refractivity contribution < 1.29 is 23.8 Å². The lowest BCUT2D eigenvalue weighted by Gasteiger charge is -2.13. The third-order valence-electron chi connectivity index (χ3n) is 4.59. The molecule has 0 fully saturated rings. The molecule has 2 aromatic carbocycles. The number of nitriles is 1. The van der Waals surface area contributed by atoms with Crippen molar-refractivity contribution in [2.75, 3.05) is 32.8 Å². The van der Waals surface area contributed by atoms with Gasteiger partial charge in [0.25, 0.3) is 0 Å². The summed E-state index contributed by atoms with van der Waals surface area (Å²) in [7, 11) is 4.38. The predicted octanol–water partition coefficient (Wildman–Crippen LogP) is 4.43. The number of hydrogen-bond donors (Lipinski definition) is 1. The average molecular weight is 469 g/mol. The Morgan fingerprint density at radius 3 is 2.19 bits per heavy atom. The third-order valence-corrected chi connectivity index (χ3v) is 7.06. The number of rotatable bonds is 9. The molecule has 2 N–H and O–H groups in total. The van der Waals surface area contributed by atoms with Gasteiger partial charge in [-0.15, -0.1) is 23.1 Å². The summed E-state index contributed by atoms with van der Waals surface area (Å²) in [5, 5.41) is 9.59. The number of benzene rings is 2. The minimum Gasteiger partial charge on any atom is -0.493 e. The molecule has 0 unspecified atom stereocenters. The summed E-state index contributed by atoms with van der Waals surface area (Å²) in [4.78, 5) is 25.9.